The van der Waals surface area contributed by atoms with Gasteiger partial charge in [-0.3, -0.25) is 4.79 Å². The molecule has 0 bridgehead atoms. The number of aromatic nitrogens is 1. The van der Waals surface area contributed by atoms with Gasteiger partial charge in [-0.1, -0.05) is 25.0 Å². The number of hydrogen-bond acceptors (Lipinski definition) is 2. The summed E-state index contributed by atoms with van der Waals surface area (Å²) < 4.78 is 61.0. The summed E-state index contributed by atoms with van der Waals surface area (Å²) in [5, 5.41) is 9.43. The molecule has 0 amide bonds. The summed E-state index contributed by atoms with van der Waals surface area (Å²) in [6.07, 6.45) is -0.857. The van der Waals surface area contributed by atoms with Crippen LogP contribution >= 0.6 is 0 Å². The van der Waals surface area contributed by atoms with E-state index in [1.165, 1.54) is 18.2 Å². The monoisotopic (exact) mass is 449 g/mol. The lowest BCUT2D eigenvalue weighted by Gasteiger charge is -2.19. The normalized spacial score (nSPS) is 14.9. The predicted octanol–water partition coefficient (Wildman–Crippen LogP) is 6.58. The highest BCUT2D eigenvalue weighted by Gasteiger charge is 2.36. The molecule has 0 aliphatic heterocycles. The summed E-state index contributed by atoms with van der Waals surface area (Å²) in [7, 11) is 0. The number of benzene rings is 2. The van der Waals surface area contributed by atoms with Crippen molar-refractivity contribution in [2.24, 2.45) is 0 Å². The van der Waals surface area contributed by atoms with E-state index in [0.29, 0.717) is 27.7 Å². The summed E-state index contributed by atoms with van der Waals surface area (Å²) in [4.78, 5) is 13.7. The number of ether oxygens (including phenoxy) is 1. The molecule has 1 saturated carbocycles. The number of aryl methyl sites for hydroxylation is 1. The molecule has 1 heterocycles. The molecule has 0 spiro atoms. The van der Waals surface area contributed by atoms with Crippen molar-refractivity contribution in [1.29, 1.82) is 0 Å². The van der Waals surface area contributed by atoms with E-state index in [4.69, 9.17) is 9.84 Å². The maximum absolute atomic E-state index is 14.5. The van der Waals surface area contributed by atoms with E-state index in [9.17, 15) is 22.4 Å². The second-order valence-corrected chi connectivity index (χ2v) is 8.25. The van der Waals surface area contributed by atoms with Gasteiger partial charge in [-0.05, 0) is 54.5 Å². The zero-order valence-corrected chi connectivity index (χ0v) is 17.3. The number of hydrogen-bond donors (Lipinski definition) is 2. The molecule has 0 unspecified atom stereocenters. The first-order valence-electron chi connectivity index (χ1n) is 10.6. The Balaban J connectivity index is 1.53. The minimum Gasteiger partial charge on any atom is -0.486 e. The molecule has 1 aliphatic rings. The summed E-state index contributed by atoms with van der Waals surface area (Å²) in [6, 6.07) is 8.65. The molecule has 0 radical (unpaired) electrons. The zero-order valence-electron chi connectivity index (χ0n) is 17.3. The van der Waals surface area contributed by atoms with Gasteiger partial charge >= 0.3 is 12.1 Å². The Bertz CT molecular complexity index is 1130. The lowest BCUT2D eigenvalue weighted by molar-refractivity contribution is -0.138. The van der Waals surface area contributed by atoms with Crippen LogP contribution in [0.5, 0.6) is 5.75 Å². The fraction of sp³-hybridized carbons (Fsp3) is 0.375. The van der Waals surface area contributed by atoms with Crippen LogP contribution in [0.4, 0.5) is 17.6 Å². The number of aromatic amines is 1. The molecule has 4 nitrogen and oxygen atoms in total. The standard InChI is InChI=1S/C24H23F4NO3/c25-20-12-21-16(10-17(29-21)6-8-23(30)31)11-22(20)32-13-14-5-7-18(15-3-1-2-4-15)19(9-14)24(26,27)28/h5,7,9-12,15,29H,1-4,6,8,13H2,(H,30,31). The molecule has 1 fully saturated rings. The Hall–Kier alpha value is -3.03. The lowest BCUT2D eigenvalue weighted by Crippen LogP contribution is -2.12. The Labute approximate surface area is 182 Å². The van der Waals surface area contributed by atoms with Crippen molar-refractivity contribution in [3.8, 4) is 5.75 Å². The number of carboxylic acid groups (broad SMARTS) is 1. The highest BCUT2D eigenvalue weighted by Crippen LogP contribution is 2.42. The molecule has 3 aromatic rings. The third-order valence-electron chi connectivity index (χ3n) is 5.95. The molecule has 170 valence electrons. The van der Waals surface area contributed by atoms with Gasteiger partial charge in [-0.2, -0.15) is 13.2 Å². The van der Waals surface area contributed by atoms with Gasteiger partial charge < -0.3 is 14.8 Å². The third kappa shape index (κ3) is 4.89. The van der Waals surface area contributed by atoms with E-state index in [2.05, 4.69) is 4.98 Å². The summed E-state index contributed by atoms with van der Waals surface area (Å²) in [5.41, 5.74) is 1.14. The number of aliphatic carboxylic acids is 1. The Kier molecular flexibility index (Phi) is 6.13. The van der Waals surface area contributed by atoms with Gasteiger partial charge in [0.25, 0.3) is 0 Å². The van der Waals surface area contributed by atoms with Crippen molar-refractivity contribution in [1.82, 2.24) is 4.98 Å². The van der Waals surface area contributed by atoms with E-state index < -0.39 is 23.5 Å². The highest BCUT2D eigenvalue weighted by atomic mass is 19.4. The SMILES string of the molecule is O=C(O)CCc1cc2cc(OCc3ccc(C4CCCC4)c(C(F)(F)F)c3)c(F)cc2[nH]1. The fourth-order valence-corrected chi connectivity index (χ4v) is 4.37. The van der Waals surface area contributed by atoms with Gasteiger partial charge in [-0.15, -0.1) is 0 Å². The van der Waals surface area contributed by atoms with Crippen molar-refractivity contribution in [2.75, 3.05) is 0 Å². The van der Waals surface area contributed by atoms with E-state index in [1.807, 2.05) is 0 Å². The van der Waals surface area contributed by atoms with Crippen molar-refractivity contribution in [3.63, 3.8) is 0 Å². The van der Waals surface area contributed by atoms with Gasteiger partial charge in [0.1, 0.15) is 6.61 Å². The molecule has 2 aromatic carbocycles. The third-order valence-corrected chi connectivity index (χ3v) is 5.95. The molecule has 2 N–H and O–H groups in total. The lowest BCUT2D eigenvalue weighted by atomic mass is 9.91. The van der Waals surface area contributed by atoms with Crippen LogP contribution in [-0.4, -0.2) is 16.1 Å². The van der Waals surface area contributed by atoms with Gasteiger partial charge in [0.2, 0.25) is 0 Å². The first-order valence-corrected chi connectivity index (χ1v) is 10.6. The Morgan fingerprint density at radius 3 is 2.56 bits per heavy atom. The van der Waals surface area contributed by atoms with Crippen LogP contribution in [0.3, 0.4) is 0 Å². The average Bonchev–Trinajstić information content (AvgIpc) is 3.39. The maximum Gasteiger partial charge on any atom is 0.416 e. The largest absolute Gasteiger partial charge is 0.486 e. The van der Waals surface area contributed by atoms with Gasteiger partial charge in [0, 0.05) is 22.7 Å². The van der Waals surface area contributed by atoms with E-state index in [0.717, 1.165) is 31.7 Å². The summed E-state index contributed by atoms with van der Waals surface area (Å²) in [6.45, 7) is -0.202. The van der Waals surface area contributed by atoms with E-state index in [1.54, 1.807) is 12.1 Å². The quantitative estimate of drug-likeness (QED) is 0.401. The van der Waals surface area contributed by atoms with Crippen molar-refractivity contribution >= 4 is 16.9 Å². The topological polar surface area (TPSA) is 62.3 Å². The Morgan fingerprint density at radius 2 is 1.88 bits per heavy atom. The minimum absolute atomic E-state index is 0.0585. The maximum atomic E-state index is 14.5. The average molecular weight is 449 g/mol. The number of H-pyrrole nitrogens is 1. The van der Waals surface area contributed by atoms with E-state index >= 15 is 0 Å². The predicted molar refractivity (Wildman–Crippen MR) is 111 cm³/mol. The number of alkyl halides is 3. The van der Waals surface area contributed by atoms with Crippen molar-refractivity contribution < 1.29 is 32.2 Å². The molecule has 1 aromatic heterocycles. The number of nitrogens with one attached hydrogen (secondary N) is 1. The van der Waals surface area contributed by atoms with Crippen molar-refractivity contribution in [2.45, 2.75) is 57.2 Å². The van der Waals surface area contributed by atoms with Crippen LogP contribution in [0.1, 0.15) is 60.4 Å². The molecule has 0 atom stereocenters. The van der Waals surface area contributed by atoms with Crippen molar-refractivity contribution in [3.05, 3.63) is 64.6 Å². The van der Waals surface area contributed by atoms with Gasteiger partial charge in [0.15, 0.2) is 11.6 Å². The first-order chi connectivity index (χ1) is 15.2. The van der Waals surface area contributed by atoms with Crippen LogP contribution in [0.15, 0.2) is 36.4 Å². The number of carbonyl (C=O) groups is 1. The number of carboxylic acids is 1. The zero-order chi connectivity index (χ0) is 22.9. The van der Waals surface area contributed by atoms with Crippen LogP contribution in [-0.2, 0) is 24.0 Å². The summed E-state index contributed by atoms with van der Waals surface area (Å²) in [5.74, 6) is -1.74. The summed E-state index contributed by atoms with van der Waals surface area (Å²) >= 11 is 0. The van der Waals surface area contributed by atoms with Gasteiger partial charge in [0.05, 0.1) is 12.0 Å². The Morgan fingerprint density at radius 1 is 1.12 bits per heavy atom. The molecular formula is C24H23F4NO3. The second kappa shape index (κ2) is 8.84. The minimum atomic E-state index is -4.46. The molecule has 8 heteroatoms. The second-order valence-electron chi connectivity index (χ2n) is 8.25. The first kappa shape index (κ1) is 22.2. The number of halogens is 4. The molecule has 0 saturated heterocycles. The highest BCUT2D eigenvalue weighted by molar-refractivity contribution is 5.82. The van der Waals surface area contributed by atoms with Crippen LogP contribution in [0.25, 0.3) is 10.9 Å². The molecular weight excluding hydrogens is 426 g/mol. The molecule has 4 rings (SSSR count). The smallest absolute Gasteiger partial charge is 0.416 e. The van der Waals surface area contributed by atoms with Gasteiger partial charge in [-0.25, -0.2) is 4.39 Å². The van der Waals surface area contributed by atoms with Crippen LogP contribution in [0, 0.1) is 5.82 Å². The number of fused-ring (bicyclic) bond motifs is 1. The molecule has 1 aliphatic carbocycles. The fourth-order valence-electron chi connectivity index (χ4n) is 4.37. The van der Waals surface area contributed by atoms with Crippen LogP contribution < -0.4 is 4.74 Å². The van der Waals surface area contributed by atoms with Crippen LogP contribution in [0.2, 0.25) is 0 Å². The van der Waals surface area contributed by atoms with E-state index in [-0.39, 0.29) is 31.1 Å². The molecule has 32 heavy (non-hydrogen) atoms. The number of rotatable bonds is 7.